The fraction of sp³-hybridized carbons (Fsp3) is 0.263. The molecule has 32 heavy (non-hydrogen) atoms. The van der Waals surface area contributed by atoms with Crippen LogP contribution in [0.4, 0.5) is 0 Å². The maximum atomic E-state index is 12.3. The Morgan fingerprint density at radius 1 is 1.38 bits per heavy atom. The number of ether oxygens (including phenoxy) is 2. The molecule has 0 saturated carbocycles. The summed E-state index contributed by atoms with van der Waals surface area (Å²) in [6.45, 7) is 3.93. The number of nitrogens with one attached hydrogen (secondary N) is 1. The van der Waals surface area contributed by atoms with Gasteiger partial charge >= 0.3 is 17.7 Å². The van der Waals surface area contributed by atoms with Gasteiger partial charge in [-0.2, -0.15) is 19.7 Å². The summed E-state index contributed by atoms with van der Waals surface area (Å²) in [6.07, 6.45) is 1.57. The van der Waals surface area contributed by atoms with Crippen LogP contribution >= 0.6 is 11.6 Å². The molecule has 0 fully saturated rings. The molecule has 0 amide bonds. The molecule has 3 aromatic rings. The molecule has 1 aliphatic rings. The van der Waals surface area contributed by atoms with Crippen molar-refractivity contribution in [3.63, 3.8) is 0 Å². The number of aromatic hydroxyl groups is 1. The van der Waals surface area contributed by atoms with Crippen LogP contribution in [0.25, 0.3) is 5.69 Å². The number of aromatic nitrogens is 5. The Balaban J connectivity index is 1.84. The Morgan fingerprint density at radius 3 is 2.81 bits per heavy atom. The van der Waals surface area contributed by atoms with Crippen molar-refractivity contribution >= 4 is 17.6 Å². The van der Waals surface area contributed by atoms with Crippen LogP contribution in [0.15, 0.2) is 21.9 Å². The van der Waals surface area contributed by atoms with Gasteiger partial charge in [-0.05, 0) is 12.0 Å². The Labute approximate surface area is 184 Å². The van der Waals surface area contributed by atoms with Crippen molar-refractivity contribution in [2.75, 3.05) is 6.61 Å². The maximum Gasteiger partial charge on any atom is 0.362 e. The SMILES string of the molecule is CC(C)c1nc(Oc2c(Cl)cc(-n3nc(C(=O)O)c(=O)[nH]c3=O)c3c2CCO3)ncc1O. The van der Waals surface area contributed by atoms with Crippen molar-refractivity contribution in [1.29, 1.82) is 0 Å². The summed E-state index contributed by atoms with van der Waals surface area (Å²) in [5.74, 6) is -1.40. The number of fused-ring (bicyclic) bond motifs is 1. The molecule has 0 unspecified atom stereocenters. The molecule has 166 valence electrons. The van der Waals surface area contributed by atoms with E-state index in [4.69, 9.17) is 26.2 Å². The second-order valence-electron chi connectivity index (χ2n) is 7.12. The molecule has 2 aromatic heterocycles. The number of nitrogens with zero attached hydrogens (tertiary/aromatic N) is 4. The van der Waals surface area contributed by atoms with Crippen LogP contribution in [0.2, 0.25) is 5.02 Å². The fourth-order valence-electron chi connectivity index (χ4n) is 3.20. The molecule has 3 N–H and O–H groups in total. The molecule has 1 aromatic carbocycles. The van der Waals surface area contributed by atoms with E-state index in [2.05, 4.69) is 15.1 Å². The van der Waals surface area contributed by atoms with Crippen LogP contribution in [0.3, 0.4) is 0 Å². The molecule has 0 bridgehead atoms. The average Bonchev–Trinajstić information content (AvgIpc) is 3.21. The second-order valence-corrected chi connectivity index (χ2v) is 7.52. The number of carboxylic acid groups (broad SMARTS) is 1. The third-order valence-corrected chi connectivity index (χ3v) is 4.92. The summed E-state index contributed by atoms with van der Waals surface area (Å²) in [6, 6.07) is 1.24. The summed E-state index contributed by atoms with van der Waals surface area (Å²) in [5.41, 5.74) is -2.06. The minimum absolute atomic E-state index is 0.0353. The first-order chi connectivity index (χ1) is 15.2. The first kappa shape index (κ1) is 21.3. The Bertz CT molecular complexity index is 1370. The van der Waals surface area contributed by atoms with E-state index in [0.717, 1.165) is 0 Å². The molecule has 4 rings (SSSR count). The van der Waals surface area contributed by atoms with E-state index in [0.29, 0.717) is 22.4 Å². The molecular weight excluding hydrogens is 446 g/mol. The van der Waals surface area contributed by atoms with Gasteiger partial charge in [0.1, 0.15) is 5.69 Å². The van der Waals surface area contributed by atoms with Crippen LogP contribution in [0, 0.1) is 0 Å². The zero-order chi connectivity index (χ0) is 23.2. The van der Waals surface area contributed by atoms with Crippen molar-refractivity contribution < 1.29 is 24.5 Å². The van der Waals surface area contributed by atoms with Gasteiger partial charge in [-0.1, -0.05) is 25.4 Å². The Kier molecular flexibility index (Phi) is 5.30. The third-order valence-electron chi connectivity index (χ3n) is 4.63. The smallest absolute Gasteiger partial charge is 0.362 e. The van der Waals surface area contributed by atoms with E-state index in [1.165, 1.54) is 12.3 Å². The minimum Gasteiger partial charge on any atom is -0.504 e. The molecule has 3 heterocycles. The van der Waals surface area contributed by atoms with E-state index in [9.17, 15) is 19.5 Å². The van der Waals surface area contributed by atoms with Crippen molar-refractivity contribution in [3.05, 3.63) is 55.1 Å². The monoisotopic (exact) mass is 461 g/mol. The lowest BCUT2D eigenvalue weighted by atomic mass is 10.1. The van der Waals surface area contributed by atoms with Crippen molar-refractivity contribution in [1.82, 2.24) is 24.7 Å². The fourth-order valence-corrected chi connectivity index (χ4v) is 3.46. The molecule has 13 heteroatoms. The Hall–Kier alpha value is -3.93. The van der Waals surface area contributed by atoms with Crippen LogP contribution in [0.5, 0.6) is 23.3 Å². The van der Waals surface area contributed by atoms with E-state index in [1.54, 1.807) is 0 Å². The highest BCUT2D eigenvalue weighted by molar-refractivity contribution is 6.32. The highest BCUT2D eigenvalue weighted by Gasteiger charge is 2.28. The summed E-state index contributed by atoms with van der Waals surface area (Å²) >= 11 is 6.42. The molecule has 0 spiro atoms. The standard InChI is InChI=1S/C19H16ClN5O7/c1-7(2)12-11(26)6-21-18(22-12)32-14-8-3-4-31-15(8)10(5-9(14)20)25-19(30)23-16(27)13(24-25)17(28)29/h5-7,26H,3-4H2,1-2H3,(H,28,29)(H,23,27,30). The lowest BCUT2D eigenvalue weighted by Gasteiger charge is -2.15. The lowest BCUT2D eigenvalue weighted by Crippen LogP contribution is -2.35. The first-order valence-electron chi connectivity index (χ1n) is 9.36. The number of carboxylic acids is 1. The van der Waals surface area contributed by atoms with Gasteiger partial charge in [0.2, 0.25) is 5.69 Å². The van der Waals surface area contributed by atoms with E-state index < -0.39 is 22.9 Å². The number of halogens is 1. The van der Waals surface area contributed by atoms with Crippen LogP contribution < -0.4 is 20.7 Å². The van der Waals surface area contributed by atoms with Gasteiger partial charge in [0.25, 0.3) is 5.56 Å². The molecule has 0 aliphatic carbocycles. The van der Waals surface area contributed by atoms with Crippen molar-refractivity contribution in [3.8, 4) is 28.9 Å². The van der Waals surface area contributed by atoms with Crippen molar-refractivity contribution in [2.45, 2.75) is 26.2 Å². The van der Waals surface area contributed by atoms with Gasteiger partial charge in [-0.3, -0.25) is 9.78 Å². The number of carbonyl (C=O) groups is 1. The number of hydrogen-bond acceptors (Lipinski definition) is 9. The average molecular weight is 462 g/mol. The highest BCUT2D eigenvalue weighted by Crippen LogP contribution is 2.44. The number of H-pyrrole nitrogens is 1. The van der Waals surface area contributed by atoms with E-state index in [1.807, 2.05) is 18.8 Å². The largest absolute Gasteiger partial charge is 0.504 e. The number of hydrogen-bond donors (Lipinski definition) is 3. The summed E-state index contributed by atoms with van der Waals surface area (Å²) < 4.78 is 12.1. The zero-order valence-electron chi connectivity index (χ0n) is 16.7. The van der Waals surface area contributed by atoms with Crippen molar-refractivity contribution in [2.24, 2.45) is 0 Å². The second kappa shape index (κ2) is 7.96. The Morgan fingerprint density at radius 2 is 2.12 bits per heavy atom. The first-order valence-corrected chi connectivity index (χ1v) is 9.74. The lowest BCUT2D eigenvalue weighted by molar-refractivity contribution is 0.0685. The number of benzene rings is 1. The summed E-state index contributed by atoms with van der Waals surface area (Å²) in [5, 5.41) is 22.8. The van der Waals surface area contributed by atoms with Crippen LogP contribution in [0.1, 0.15) is 41.5 Å². The predicted octanol–water partition coefficient (Wildman–Crippen LogP) is 1.62. The predicted molar refractivity (Wildman–Crippen MR) is 109 cm³/mol. The summed E-state index contributed by atoms with van der Waals surface area (Å²) in [7, 11) is 0. The molecule has 0 saturated heterocycles. The van der Waals surface area contributed by atoms with Crippen LogP contribution in [-0.2, 0) is 6.42 Å². The highest BCUT2D eigenvalue weighted by atomic mass is 35.5. The summed E-state index contributed by atoms with van der Waals surface area (Å²) in [4.78, 5) is 45.4. The normalized spacial score (nSPS) is 12.5. The van der Waals surface area contributed by atoms with Gasteiger partial charge in [-0.15, -0.1) is 0 Å². The molecular formula is C19H16ClN5O7. The number of rotatable bonds is 5. The zero-order valence-corrected chi connectivity index (χ0v) is 17.5. The molecule has 0 atom stereocenters. The van der Waals surface area contributed by atoms with E-state index >= 15 is 0 Å². The number of aromatic amines is 1. The topological polar surface area (TPSA) is 170 Å². The van der Waals surface area contributed by atoms with Gasteiger partial charge in [0, 0.05) is 12.0 Å². The minimum atomic E-state index is -1.60. The maximum absolute atomic E-state index is 12.3. The quantitative estimate of drug-likeness (QED) is 0.507. The van der Waals surface area contributed by atoms with Gasteiger partial charge < -0.3 is 19.7 Å². The molecule has 0 radical (unpaired) electrons. The van der Waals surface area contributed by atoms with Gasteiger partial charge in [-0.25, -0.2) is 9.59 Å². The third kappa shape index (κ3) is 3.64. The molecule has 12 nitrogen and oxygen atoms in total. The van der Waals surface area contributed by atoms with Crippen LogP contribution in [-0.4, -0.2) is 47.5 Å². The van der Waals surface area contributed by atoms with Gasteiger partial charge in [0.15, 0.2) is 17.2 Å². The number of aromatic carboxylic acids is 1. The van der Waals surface area contributed by atoms with Gasteiger partial charge in [0.05, 0.1) is 23.5 Å². The van der Waals surface area contributed by atoms with E-state index in [-0.39, 0.29) is 46.5 Å². The molecule has 1 aliphatic heterocycles.